The molecule has 0 saturated carbocycles. The van der Waals surface area contributed by atoms with Gasteiger partial charge in [0.2, 0.25) is 0 Å². The quantitative estimate of drug-likeness (QED) is 0.633. The summed E-state index contributed by atoms with van der Waals surface area (Å²) in [6, 6.07) is 13.8. The molecule has 0 aliphatic heterocycles. The highest BCUT2D eigenvalue weighted by Gasteiger charge is 2.08. The highest BCUT2D eigenvalue weighted by atomic mass is 14.7. The Morgan fingerprint density at radius 3 is 2.61 bits per heavy atom. The predicted molar refractivity (Wildman–Crippen MR) is 75.8 cm³/mol. The molecule has 1 aromatic heterocycles. The lowest BCUT2D eigenvalue weighted by molar-refractivity contribution is 1.28. The van der Waals surface area contributed by atoms with E-state index in [9.17, 15) is 0 Å². The summed E-state index contributed by atoms with van der Waals surface area (Å²) in [5.74, 6) is 0. The van der Waals surface area contributed by atoms with Gasteiger partial charge >= 0.3 is 0 Å². The van der Waals surface area contributed by atoms with Gasteiger partial charge in [-0.05, 0) is 17.7 Å². The number of aromatic nitrogens is 1. The Balaban J connectivity index is 2.47. The maximum absolute atomic E-state index is 8.03. The average Bonchev–Trinajstić information content (AvgIpc) is 2.45. The molecule has 2 heteroatoms. The zero-order valence-electron chi connectivity index (χ0n) is 10.0. The predicted octanol–water partition coefficient (Wildman–Crippen LogP) is 3.86. The monoisotopic (exact) mass is 234 g/mol. The second-order valence-electron chi connectivity index (χ2n) is 3.77. The maximum Gasteiger partial charge on any atom is 0.0957 e. The lowest BCUT2D eigenvalue weighted by Gasteiger charge is -2.07. The zero-order chi connectivity index (χ0) is 12.8. The Labute approximate surface area is 107 Å². The van der Waals surface area contributed by atoms with Crippen molar-refractivity contribution in [3.63, 3.8) is 0 Å². The van der Waals surface area contributed by atoms with Gasteiger partial charge in [-0.1, -0.05) is 55.1 Å². The first-order chi connectivity index (χ1) is 8.83. The summed E-state index contributed by atoms with van der Waals surface area (Å²) in [5, 5.41) is 8.03. The van der Waals surface area contributed by atoms with Crippen molar-refractivity contribution in [2.45, 2.75) is 0 Å². The molecule has 0 saturated heterocycles. The van der Waals surface area contributed by atoms with Gasteiger partial charge in [-0.15, -0.1) is 0 Å². The van der Waals surface area contributed by atoms with Crippen LogP contribution < -0.4 is 0 Å². The number of pyridine rings is 1. The van der Waals surface area contributed by atoms with Gasteiger partial charge in [0.1, 0.15) is 0 Å². The largest absolute Gasteiger partial charge is 0.299 e. The first-order valence-corrected chi connectivity index (χ1v) is 5.71. The summed E-state index contributed by atoms with van der Waals surface area (Å²) in [6.45, 7) is 3.60. The fraction of sp³-hybridized carbons (Fsp3) is 0. The maximum atomic E-state index is 8.03. The molecular formula is C16H14N2. The van der Waals surface area contributed by atoms with E-state index >= 15 is 0 Å². The van der Waals surface area contributed by atoms with Gasteiger partial charge in [-0.25, -0.2) is 0 Å². The molecule has 2 nitrogen and oxygen atoms in total. The molecule has 0 spiro atoms. The van der Waals surface area contributed by atoms with Crippen molar-refractivity contribution < 1.29 is 0 Å². The highest BCUT2D eigenvalue weighted by molar-refractivity contribution is 6.09. The van der Waals surface area contributed by atoms with E-state index in [0.717, 1.165) is 11.1 Å². The van der Waals surface area contributed by atoms with Crippen LogP contribution in [-0.2, 0) is 0 Å². The SMILES string of the molecule is C=C/C=C\C(=N)c1ncccc1-c1ccccc1. The van der Waals surface area contributed by atoms with E-state index in [0.29, 0.717) is 11.4 Å². The number of benzene rings is 1. The Morgan fingerprint density at radius 2 is 1.89 bits per heavy atom. The Morgan fingerprint density at radius 1 is 1.11 bits per heavy atom. The molecule has 1 aromatic carbocycles. The van der Waals surface area contributed by atoms with Gasteiger partial charge in [0.05, 0.1) is 11.4 Å². The minimum atomic E-state index is 0.384. The average molecular weight is 234 g/mol. The molecule has 0 bridgehead atoms. The molecule has 2 rings (SSSR count). The van der Waals surface area contributed by atoms with Crippen molar-refractivity contribution in [1.29, 1.82) is 5.41 Å². The molecule has 1 heterocycles. The van der Waals surface area contributed by atoms with Gasteiger partial charge in [0.15, 0.2) is 0 Å². The Kier molecular flexibility index (Phi) is 3.82. The van der Waals surface area contributed by atoms with Crippen molar-refractivity contribution in [3.05, 3.63) is 79.2 Å². The van der Waals surface area contributed by atoms with Crippen molar-refractivity contribution in [1.82, 2.24) is 4.98 Å². The van der Waals surface area contributed by atoms with E-state index in [2.05, 4.69) is 11.6 Å². The summed E-state index contributed by atoms with van der Waals surface area (Å²) in [4.78, 5) is 4.30. The number of nitrogens with one attached hydrogen (secondary N) is 1. The van der Waals surface area contributed by atoms with Crippen LogP contribution in [0, 0.1) is 5.41 Å². The number of allylic oxidation sites excluding steroid dienone is 3. The summed E-state index contributed by atoms with van der Waals surface area (Å²) >= 11 is 0. The Hall–Kier alpha value is -2.48. The van der Waals surface area contributed by atoms with Gasteiger partial charge in [-0.2, -0.15) is 0 Å². The van der Waals surface area contributed by atoms with Crippen LogP contribution in [0.3, 0.4) is 0 Å². The van der Waals surface area contributed by atoms with Crippen molar-refractivity contribution in [2.75, 3.05) is 0 Å². The topological polar surface area (TPSA) is 36.7 Å². The summed E-state index contributed by atoms with van der Waals surface area (Å²) in [5.41, 5.74) is 3.10. The lowest BCUT2D eigenvalue weighted by atomic mass is 10.0. The summed E-state index contributed by atoms with van der Waals surface area (Å²) in [7, 11) is 0. The molecule has 0 amide bonds. The minimum absolute atomic E-state index is 0.384. The van der Waals surface area contributed by atoms with E-state index < -0.39 is 0 Å². The fourth-order valence-corrected chi connectivity index (χ4v) is 1.71. The standard InChI is InChI=1S/C16H14N2/c1-2-3-11-15(17)16-14(10-7-12-18-16)13-8-5-4-6-9-13/h2-12,17H,1H2/b11-3-,17-15?. The number of hydrogen-bond acceptors (Lipinski definition) is 2. The van der Waals surface area contributed by atoms with Gasteiger partial charge in [-0.3, -0.25) is 10.4 Å². The first kappa shape index (κ1) is 12.0. The van der Waals surface area contributed by atoms with Crippen LogP contribution in [0.5, 0.6) is 0 Å². The molecule has 0 aliphatic rings. The third-order valence-electron chi connectivity index (χ3n) is 2.55. The number of rotatable bonds is 4. The van der Waals surface area contributed by atoms with Crippen molar-refractivity contribution in [2.24, 2.45) is 0 Å². The highest BCUT2D eigenvalue weighted by Crippen LogP contribution is 2.22. The molecular weight excluding hydrogens is 220 g/mol. The van der Waals surface area contributed by atoms with Gasteiger partial charge in [0, 0.05) is 11.8 Å². The third-order valence-corrected chi connectivity index (χ3v) is 2.55. The van der Waals surface area contributed by atoms with Crippen LogP contribution in [-0.4, -0.2) is 10.7 Å². The van der Waals surface area contributed by atoms with Crippen LogP contribution in [0.4, 0.5) is 0 Å². The number of hydrogen-bond donors (Lipinski definition) is 1. The second kappa shape index (κ2) is 5.73. The molecule has 0 aliphatic carbocycles. The van der Waals surface area contributed by atoms with E-state index in [1.807, 2.05) is 42.5 Å². The smallest absolute Gasteiger partial charge is 0.0957 e. The molecule has 88 valence electrons. The van der Waals surface area contributed by atoms with Crippen LogP contribution in [0.15, 0.2) is 73.5 Å². The minimum Gasteiger partial charge on any atom is -0.299 e. The molecule has 0 atom stereocenters. The second-order valence-corrected chi connectivity index (χ2v) is 3.77. The summed E-state index contributed by atoms with van der Waals surface area (Å²) in [6.07, 6.45) is 6.80. The van der Waals surface area contributed by atoms with Crippen LogP contribution in [0.1, 0.15) is 5.69 Å². The van der Waals surface area contributed by atoms with E-state index in [4.69, 9.17) is 5.41 Å². The van der Waals surface area contributed by atoms with Crippen molar-refractivity contribution in [3.8, 4) is 11.1 Å². The van der Waals surface area contributed by atoms with Crippen LogP contribution in [0.2, 0.25) is 0 Å². The normalized spacial score (nSPS) is 10.4. The van der Waals surface area contributed by atoms with Crippen LogP contribution in [0.25, 0.3) is 11.1 Å². The third kappa shape index (κ3) is 2.61. The molecule has 1 N–H and O–H groups in total. The number of nitrogens with zero attached hydrogens (tertiary/aromatic N) is 1. The van der Waals surface area contributed by atoms with Crippen molar-refractivity contribution >= 4 is 5.71 Å². The zero-order valence-corrected chi connectivity index (χ0v) is 10.0. The summed E-state index contributed by atoms with van der Waals surface area (Å²) < 4.78 is 0. The van der Waals surface area contributed by atoms with Gasteiger partial charge < -0.3 is 0 Å². The van der Waals surface area contributed by atoms with Gasteiger partial charge in [0.25, 0.3) is 0 Å². The molecule has 0 fully saturated rings. The Bertz CT molecular complexity index is 583. The van der Waals surface area contributed by atoms with Crippen LogP contribution >= 0.6 is 0 Å². The fourth-order valence-electron chi connectivity index (χ4n) is 1.71. The van der Waals surface area contributed by atoms with E-state index in [1.165, 1.54) is 0 Å². The first-order valence-electron chi connectivity index (χ1n) is 5.71. The molecule has 0 radical (unpaired) electrons. The molecule has 18 heavy (non-hydrogen) atoms. The van der Waals surface area contributed by atoms with E-state index in [1.54, 1.807) is 24.4 Å². The molecule has 2 aromatic rings. The molecule has 0 unspecified atom stereocenters. The lowest BCUT2D eigenvalue weighted by Crippen LogP contribution is -2.01. The van der Waals surface area contributed by atoms with E-state index in [-0.39, 0.29) is 0 Å².